The number of hydrogen-bond acceptors (Lipinski definition) is 3. The van der Waals surface area contributed by atoms with Gasteiger partial charge in [-0.3, -0.25) is 4.99 Å². The minimum absolute atomic E-state index is 0.0969. The fourth-order valence-electron chi connectivity index (χ4n) is 7.48. The molecule has 2 aromatic rings. The first-order valence-electron chi connectivity index (χ1n) is 17.6. The zero-order valence-electron chi connectivity index (χ0n) is 27.4. The number of hydrogen-bond donors (Lipinski definition) is 1. The molecule has 236 valence electrons. The van der Waals surface area contributed by atoms with E-state index in [1.807, 2.05) is 0 Å². The van der Waals surface area contributed by atoms with Gasteiger partial charge in [-0.05, 0) is 149 Å². The molecule has 1 N–H and O–H groups in total. The van der Waals surface area contributed by atoms with E-state index in [0.29, 0.717) is 24.4 Å². The highest BCUT2D eigenvalue weighted by atomic mass is 16.5. The molecule has 3 aliphatic rings. The molecule has 0 bridgehead atoms. The Kier molecular flexibility index (Phi) is 12.1. The highest BCUT2D eigenvalue weighted by Gasteiger charge is 2.23. The Morgan fingerprint density at radius 3 is 2.50 bits per heavy atom. The van der Waals surface area contributed by atoms with Crippen LogP contribution in [0.3, 0.4) is 0 Å². The van der Waals surface area contributed by atoms with Crippen LogP contribution in [0.5, 0.6) is 5.75 Å². The van der Waals surface area contributed by atoms with Gasteiger partial charge in [0.1, 0.15) is 5.75 Å². The zero-order valence-corrected chi connectivity index (χ0v) is 27.4. The van der Waals surface area contributed by atoms with Crippen LogP contribution < -0.4 is 4.74 Å². The molecule has 1 saturated carbocycles. The van der Waals surface area contributed by atoms with Crippen molar-refractivity contribution in [1.29, 1.82) is 0 Å². The lowest BCUT2D eigenvalue weighted by Gasteiger charge is -2.25. The Morgan fingerprint density at radius 2 is 1.73 bits per heavy atom. The number of ether oxygens (including phenoxy) is 1. The number of aliphatic imine (C=N–C) groups is 1. The van der Waals surface area contributed by atoms with E-state index in [9.17, 15) is 5.11 Å². The largest absolute Gasteiger partial charge is 0.494 e. The van der Waals surface area contributed by atoms with Crippen molar-refractivity contribution >= 4 is 5.71 Å². The average Bonchev–Trinajstić information content (AvgIpc) is 3.07. The van der Waals surface area contributed by atoms with Crippen molar-refractivity contribution in [3.05, 3.63) is 101 Å². The summed E-state index contributed by atoms with van der Waals surface area (Å²) in [4.78, 5) is 5.50. The van der Waals surface area contributed by atoms with Crippen LogP contribution >= 0.6 is 0 Å². The van der Waals surface area contributed by atoms with Gasteiger partial charge in [-0.25, -0.2) is 0 Å². The van der Waals surface area contributed by atoms with Gasteiger partial charge in [0, 0.05) is 5.71 Å². The predicted octanol–water partition coefficient (Wildman–Crippen LogP) is 10.2. The maximum atomic E-state index is 9.91. The molecule has 2 aliphatic carbocycles. The van der Waals surface area contributed by atoms with Crippen LogP contribution in [-0.4, -0.2) is 23.5 Å². The molecular formula is C41H55NO2. The van der Waals surface area contributed by atoms with Crippen LogP contribution in [-0.2, 0) is 19.3 Å². The van der Waals surface area contributed by atoms with Gasteiger partial charge < -0.3 is 9.84 Å². The van der Waals surface area contributed by atoms with Gasteiger partial charge in [-0.15, -0.1) is 0 Å². The number of aliphatic hydroxyl groups is 1. The third-order valence-corrected chi connectivity index (χ3v) is 10.2. The van der Waals surface area contributed by atoms with Crippen molar-refractivity contribution in [2.24, 2.45) is 22.7 Å². The Morgan fingerprint density at radius 1 is 0.909 bits per heavy atom. The van der Waals surface area contributed by atoms with Gasteiger partial charge in [0.15, 0.2) is 0 Å². The molecule has 3 nitrogen and oxygen atoms in total. The molecule has 1 aliphatic heterocycles. The quantitative estimate of drug-likeness (QED) is 0.279. The van der Waals surface area contributed by atoms with E-state index in [1.165, 1.54) is 39.2 Å². The van der Waals surface area contributed by atoms with E-state index in [1.54, 1.807) is 0 Å². The van der Waals surface area contributed by atoms with Crippen molar-refractivity contribution < 1.29 is 9.84 Å². The molecular weight excluding hydrogens is 538 g/mol. The lowest BCUT2D eigenvalue weighted by atomic mass is 9.83. The summed E-state index contributed by atoms with van der Waals surface area (Å²) in [6.45, 7) is 9.65. The number of nitrogens with zero attached hydrogens (tertiary/aromatic N) is 1. The molecule has 0 radical (unpaired) electrons. The van der Waals surface area contributed by atoms with Crippen molar-refractivity contribution in [2.75, 3.05) is 6.61 Å². The third-order valence-electron chi connectivity index (χ3n) is 10.2. The first kappa shape index (κ1) is 32.5. The molecule has 0 saturated heterocycles. The number of aliphatic hydroxyl groups excluding tert-OH is 1. The molecule has 2 atom stereocenters. The maximum Gasteiger partial charge on any atom is 0.122 e. The van der Waals surface area contributed by atoms with Crippen LogP contribution in [0.4, 0.5) is 0 Å². The van der Waals surface area contributed by atoms with E-state index in [0.717, 1.165) is 102 Å². The van der Waals surface area contributed by atoms with Crippen LogP contribution in [0.2, 0.25) is 0 Å². The molecule has 1 fully saturated rings. The molecule has 2 unspecified atom stereocenters. The normalized spacial score (nSPS) is 27.2. The second kappa shape index (κ2) is 16.4. The summed E-state index contributed by atoms with van der Waals surface area (Å²) in [6.07, 6.45) is 20.9. The Bertz CT molecular complexity index is 1310. The fourth-order valence-corrected chi connectivity index (χ4v) is 7.48. The summed E-state index contributed by atoms with van der Waals surface area (Å²) >= 11 is 0. The fraction of sp³-hybridized carbons (Fsp3) is 0.537. The molecule has 2 aromatic carbocycles. The van der Waals surface area contributed by atoms with Crippen molar-refractivity contribution in [3.8, 4) is 5.75 Å². The average molecular weight is 594 g/mol. The van der Waals surface area contributed by atoms with Gasteiger partial charge in [0.05, 0.1) is 18.4 Å². The molecule has 5 rings (SSSR count). The smallest absolute Gasteiger partial charge is 0.122 e. The SMILES string of the molecule is C=C1CCC(Cc2ccccc2)/C=C2N=C(CCc3ccc(CC4CCC(O)CC4)cc3OCC)CCC\C=C/2CC1CC. The number of fused-ring (bicyclic) bond motifs is 1. The highest BCUT2D eigenvalue weighted by molar-refractivity contribution is 5.86. The number of aryl methyl sites for hydroxylation is 1. The van der Waals surface area contributed by atoms with Gasteiger partial charge in [-0.1, -0.05) is 73.7 Å². The molecule has 0 aromatic heterocycles. The van der Waals surface area contributed by atoms with Crippen molar-refractivity contribution in [3.63, 3.8) is 0 Å². The molecule has 44 heavy (non-hydrogen) atoms. The van der Waals surface area contributed by atoms with E-state index >= 15 is 0 Å². The van der Waals surface area contributed by atoms with Gasteiger partial charge in [0.2, 0.25) is 0 Å². The van der Waals surface area contributed by atoms with Gasteiger partial charge >= 0.3 is 0 Å². The lowest BCUT2D eigenvalue weighted by molar-refractivity contribution is 0.108. The predicted molar refractivity (Wildman–Crippen MR) is 185 cm³/mol. The molecule has 0 amide bonds. The third kappa shape index (κ3) is 9.30. The zero-order chi connectivity index (χ0) is 30.7. The first-order chi connectivity index (χ1) is 21.5. The van der Waals surface area contributed by atoms with Crippen LogP contribution in [0, 0.1) is 17.8 Å². The summed E-state index contributed by atoms with van der Waals surface area (Å²) in [5.41, 5.74) is 9.47. The van der Waals surface area contributed by atoms with Crippen molar-refractivity contribution in [2.45, 2.75) is 116 Å². The van der Waals surface area contributed by atoms with Crippen LogP contribution in [0.15, 0.2) is 89.1 Å². The molecule has 3 heteroatoms. The van der Waals surface area contributed by atoms with E-state index in [4.69, 9.17) is 9.73 Å². The number of benzene rings is 2. The Balaban J connectivity index is 1.36. The topological polar surface area (TPSA) is 41.8 Å². The van der Waals surface area contributed by atoms with Gasteiger partial charge in [-0.2, -0.15) is 0 Å². The number of rotatable bonds is 10. The second-order valence-electron chi connectivity index (χ2n) is 13.6. The maximum absolute atomic E-state index is 9.91. The van der Waals surface area contributed by atoms with E-state index in [-0.39, 0.29) is 6.10 Å². The van der Waals surface area contributed by atoms with E-state index < -0.39 is 0 Å². The first-order valence-corrected chi connectivity index (χ1v) is 17.6. The minimum Gasteiger partial charge on any atom is -0.494 e. The molecule has 1 heterocycles. The summed E-state index contributed by atoms with van der Waals surface area (Å²) in [6, 6.07) is 17.9. The van der Waals surface area contributed by atoms with Crippen LogP contribution in [0.1, 0.15) is 108 Å². The molecule has 0 spiro atoms. The highest BCUT2D eigenvalue weighted by Crippen LogP contribution is 2.36. The summed E-state index contributed by atoms with van der Waals surface area (Å²) in [5.74, 6) is 2.70. The van der Waals surface area contributed by atoms with Crippen molar-refractivity contribution in [1.82, 2.24) is 0 Å². The standard InChI is InChI=1S/C41H55NO2/c1-4-35-29-37-13-9-10-14-38(42-40(37)27-33(16-15-30(35)3)25-31-11-7-6-8-12-31)22-21-36-20-17-34(28-41(36)44-5-2)26-32-18-23-39(43)24-19-32/h6-8,11-13,17,20,27-28,32-33,35,39,43H,3-5,9-10,14-16,18-19,21-26,29H2,1-2H3/b37-13-,40-27+,42-38?. The lowest BCUT2D eigenvalue weighted by Crippen LogP contribution is -2.19. The van der Waals surface area contributed by atoms with Crippen LogP contribution in [0.25, 0.3) is 0 Å². The summed E-state index contributed by atoms with van der Waals surface area (Å²) in [7, 11) is 0. The Labute approximate surface area is 267 Å². The second-order valence-corrected chi connectivity index (χ2v) is 13.6. The monoisotopic (exact) mass is 593 g/mol. The summed E-state index contributed by atoms with van der Waals surface area (Å²) < 4.78 is 6.19. The minimum atomic E-state index is -0.0969. The van der Waals surface area contributed by atoms with Gasteiger partial charge in [0.25, 0.3) is 0 Å². The number of allylic oxidation sites excluding steroid dienone is 4. The van der Waals surface area contributed by atoms with E-state index in [2.05, 4.69) is 81.1 Å². The Hall–Kier alpha value is -2.91. The summed E-state index contributed by atoms with van der Waals surface area (Å²) in [5, 5.41) is 9.91.